The highest BCUT2D eigenvalue weighted by atomic mass is 16.4. The lowest BCUT2D eigenvalue weighted by Crippen LogP contribution is -2.59. The lowest BCUT2D eigenvalue weighted by molar-refractivity contribution is -0.150. The van der Waals surface area contributed by atoms with Crippen LogP contribution in [0.4, 0.5) is 0 Å². The largest absolute Gasteiger partial charge is 0.481 e. The molecule has 1 heterocycles. The Bertz CT molecular complexity index is 742. The van der Waals surface area contributed by atoms with Crippen LogP contribution in [0.3, 0.4) is 0 Å². The molecule has 0 radical (unpaired) electrons. The van der Waals surface area contributed by atoms with Crippen molar-refractivity contribution in [2.75, 3.05) is 6.54 Å². The highest BCUT2D eigenvalue weighted by molar-refractivity contribution is 5.97. The number of primary amides is 1. The van der Waals surface area contributed by atoms with Crippen LogP contribution in [0, 0.1) is 0 Å². The Kier molecular flexibility index (Phi) is 9.33. The Labute approximate surface area is 176 Å². The summed E-state index contributed by atoms with van der Waals surface area (Å²) in [6.07, 6.45) is -2.26. The van der Waals surface area contributed by atoms with Crippen LogP contribution < -0.4 is 22.1 Å². The SMILES string of the molecule is CC(O)C(N)C(=O)NC(CC(=O)O)C(=O)NC(CC(N)=O)C(=O)N1CCCC1C(=O)O. The Morgan fingerprint density at radius 2 is 1.61 bits per heavy atom. The molecule has 1 fully saturated rings. The normalized spacial score (nSPS) is 19.6. The first-order chi connectivity index (χ1) is 14.3. The van der Waals surface area contributed by atoms with E-state index in [9.17, 15) is 39.0 Å². The molecule has 1 rings (SSSR count). The minimum absolute atomic E-state index is 0.0828. The van der Waals surface area contributed by atoms with Crippen LogP contribution in [0.2, 0.25) is 0 Å². The summed E-state index contributed by atoms with van der Waals surface area (Å²) in [5.74, 6) is -6.70. The van der Waals surface area contributed by atoms with E-state index in [1.54, 1.807) is 0 Å². The number of aliphatic hydroxyl groups excluding tert-OH is 1. The summed E-state index contributed by atoms with van der Waals surface area (Å²) in [5, 5.41) is 31.9. The van der Waals surface area contributed by atoms with Gasteiger partial charge in [-0.05, 0) is 19.8 Å². The summed E-state index contributed by atoms with van der Waals surface area (Å²) < 4.78 is 0. The van der Waals surface area contributed by atoms with E-state index in [1.807, 2.05) is 0 Å². The Morgan fingerprint density at radius 3 is 2.10 bits per heavy atom. The first-order valence-electron chi connectivity index (χ1n) is 9.42. The van der Waals surface area contributed by atoms with Crippen LogP contribution in [0.1, 0.15) is 32.6 Å². The molecule has 0 aromatic carbocycles. The van der Waals surface area contributed by atoms with Crippen molar-refractivity contribution in [1.29, 1.82) is 0 Å². The molecule has 0 bridgehead atoms. The highest BCUT2D eigenvalue weighted by Crippen LogP contribution is 2.19. The van der Waals surface area contributed by atoms with E-state index < -0.39 is 78.7 Å². The molecule has 5 unspecified atom stereocenters. The molecule has 1 aliphatic heterocycles. The van der Waals surface area contributed by atoms with Crippen molar-refractivity contribution in [2.45, 2.75) is 62.9 Å². The molecule has 1 saturated heterocycles. The molecule has 4 amide bonds. The van der Waals surface area contributed by atoms with Crippen LogP contribution in [0.25, 0.3) is 0 Å². The lowest BCUT2D eigenvalue weighted by atomic mass is 10.1. The number of nitrogens with two attached hydrogens (primary N) is 2. The molecular formula is C17H27N5O9. The van der Waals surface area contributed by atoms with Crippen molar-refractivity contribution in [3.05, 3.63) is 0 Å². The quantitative estimate of drug-likeness (QED) is 0.163. The number of carboxylic acid groups (broad SMARTS) is 2. The maximum Gasteiger partial charge on any atom is 0.326 e. The molecule has 14 heteroatoms. The van der Waals surface area contributed by atoms with Gasteiger partial charge in [0.05, 0.1) is 18.9 Å². The van der Waals surface area contributed by atoms with Crippen LogP contribution in [0.15, 0.2) is 0 Å². The predicted octanol–water partition coefficient (Wildman–Crippen LogP) is -3.91. The molecule has 1 aliphatic rings. The average Bonchev–Trinajstić information content (AvgIpc) is 3.14. The van der Waals surface area contributed by atoms with Gasteiger partial charge in [-0.2, -0.15) is 0 Å². The number of aliphatic carboxylic acids is 2. The fourth-order valence-corrected chi connectivity index (χ4v) is 3.03. The summed E-state index contributed by atoms with van der Waals surface area (Å²) in [6, 6.07) is -5.85. The molecule has 0 aromatic rings. The van der Waals surface area contributed by atoms with Gasteiger partial charge < -0.3 is 42.3 Å². The Balaban J connectivity index is 3.03. The number of nitrogens with zero attached hydrogens (tertiary/aromatic N) is 1. The van der Waals surface area contributed by atoms with Gasteiger partial charge in [-0.3, -0.25) is 24.0 Å². The highest BCUT2D eigenvalue weighted by Gasteiger charge is 2.39. The third-order valence-corrected chi connectivity index (χ3v) is 4.68. The van der Waals surface area contributed by atoms with Gasteiger partial charge in [0.2, 0.25) is 23.6 Å². The molecule has 174 valence electrons. The first kappa shape index (κ1) is 25.8. The minimum Gasteiger partial charge on any atom is -0.481 e. The van der Waals surface area contributed by atoms with Crippen molar-refractivity contribution in [3.8, 4) is 0 Å². The summed E-state index contributed by atoms with van der Waals surface area (Å²) >= 11 is 0. The van der Waals surface area contributed by atoms with E-state index in [2.05, 4.69) is 10.6 Å². The van der Waals surface area contributed by atoms with E-state index >= 15 is 0 Å². The van der Waals surface area contributed by atoms with Gasteiger partial charge in [-0.25, -0.2) is 4.79 Å². The molecular weight excluding hydrogens is 418 g/mol. The number of hydrogen-bond acceptors (Lipinski definition) is 8. The molecule has 9 N–H and O–H groups in total. The second-order valence-electron chi connectivity index (χ2n) is 7.18. The van der Waals surface area contributed by atoms with E-state index in [1.165, 1.54) is 6.92 Å². The number of rotatable bonds is 11. The van der Waals surface area contributed by atoms with Gasteiger partial charge in [0.25, 0.3) is 0 Å². The molecule has 31 heavy (non-hydrogen) atoms. The zero-order valence-electron chi connectivity index (χ0n) is 16.8. The van der Waals surface area contributed by atoms with Crippen LogP contribution >= 0.6 is 0 Å². The van der Waals surface area contributed by atoms with Crippen molar-refractivity contribution < 1.29 is 44.1 Å². The third-order valence-electron chi connectivity index (χ3n) is 4.68. The Hall–Kier alpha value is -3.26. The van der Waals surface area contributed by atoms with Crippen LogP contribution in [-0.2, 0) is 28.8 Å². The number of amides is 4. The fraction of sp³-hybridized carbons (Fsp3) is 0.647. The van der Waals surface area contributed by atoms with Gasteiger partial charge in [-0.15, -0.1) is 0 Å². The van der Waals surface area contributed by atoms with Crippen molar-refractivity contribution in [1.82, 2.24) is 15.5 Å². The van der Waals surface area contributed by atoms with Gasteiger partial charge in [0.15, 0.2) is 0 Å². The van der Waals surface area contributed by atoms with E-state index in [-0.39, 0.29) is 13.0 Å². The van der Waals surface area contributed by atoms with Gasteiger partial charge >= 0.3 is 11.9 Å². The van der Waals surface area contributed by atoms with Crippen molar-refractivity contribution >= 4 is 35.6 Å². The van der Waals surface area contributed by atoms with Gasteiger partial charge in [0.1, 0.15) is 24.2 Å². The second-order valence-corrected chi connectivity index (χ2v) is 7.18. The fourth-order valence-electron chi connectivity index (χ4n) is 3.03. The van der Waals surface area contributed by atoms with E-state index in [4.69, 9.17) is 16.6 Å². The molecule has 0 aromatic heterocycles. The maximum absolute atomic E-state index is 12.8. The number of carbonyl (C=O) groups is 6. The minimum atomic E-state index is -1.69. The van der Waals surface area contributed by atoms with E-state index in [0.29, 0.717) is 6.42 Å². The van der Waals surface area contributed by atoms with Crippen LogP contribution in [-0.4, -0.2) is 92.6 Å². The zero-order chi connectivity index (χ0) is 23.9. The van der Waals surface area contributed by atoms with Gasteiger partial charge in [0, 0.05) is 6.54 Å². The van der Waals surface area contributed by atoms with Crippen molar-refractivity contribution in [3.63, 3.8) is 0 Å². The summed E-state index contributed by atoms with van der Waals surface area (Å²) in [6.45, 7) is 1.30. The van der Waals surface area contributed by atoms with Crippen molar-refractivity contribution in [2.24, 2.45) is 11.5 Å². The lowest BCUT2D eigenvalue weighted by Gasteiger charge is -2.28. The number of nitrogens with one attached hydrogen (secondary N) is 2. The second kappa shape index (κ2) is 11.2. The zero-order valence-corrected chi connectivity index (χ0v) is 16.8. The molecule has 0 aliphatic carbocycles. The molecule has 0 saturated carbocycles. The summed E-state index contributed by atoms with van der Waals surface area (Å²) in [5.41, 5.74) is 10.6. The van der Waals surface area contributed by atoms with Gasteiger partial charge in [-0.1, -0.05) is 0 Å². The molecule has 14 nitrogen and oxygen atoms in total. The molecule has 5 atom stereocenters. The number of aliphatic hydroxyl groups is 1. The predicted molar refractivity (Wildman–Crippen MR) is 102 cm³/mol. The third kappa shape index (κ3) is 7.49. The first-order valence-corrected chi connectivity index (χ1v) is 9.42. The number of likely N-dealkylation sites (tertiary alicyclic amines) is 1. The number of hydrogen-bond donors (Lipinski definition) is 7. The Morgan fingerprint density at radius 1 is 1.03 bits per heavy atom. The number of carboxylic acids is 2. The smallest absolute Gasteiger partial charge is 0.326 e. The maximum atomic E-state index is 12.8. The standard InChI is InChI=1S/C17H27N5O9/c1-7(23)13(19)15(28)20-8(6-12(25)26)14(27)21-9(5-11(18)24)16(29)22-4-2-3-10(22)17(30)31/h7-10,13,23H,2-6,19H2,1H3,(H2,18,24)(H,20,28)(H,21,27)(H,25,26)(H,30,31). The monoisotopic (exact) mass is 445 g/mol. The molecule has 0 spiro atoms. The topological polar surface area (TPSA) is 242 Å². The number of carbonyl (C=O) groups excluding carboxylic acids is 4. The summed E-state index contributed by atoms with van der Waals surface area (Å²) in [7, 11) is 0. The average molecular weight is 445 g/mol. The van der Waals surface area contributed by atoms with Crippen LogP contribution in [0.5, 0.6) is 0 Å². The van der Waals surface area contributed by atoms with E-state index in [0.717, 1.165) is 4.90 Å². The summed E-state index contributed by atoms with van der Waals surface area (Å²) in [4.78, 5) is 72.2.